The molecule has 3 N–H and O–H groups in total. The van der Waals surface area contributed by atoms with Crippen molar-refractivity contribution in [2.45, 2.75) is 64.8 Å². The molecule has 0 saturated heterocycles. The molecule has 0 heterocycles. The van der Waals surface area contributed by atoms with Crippen LogP contribution in [0.4, 0.5) is 0 Å². The number of methoxy groups -OCH3 is 1. The van der Waals surface area contributed by atoms with Crippen molar-refractivity contribution in [2.24, 2.45) is 17.1 Å². The third-order valence-corrected chi connectivity index (χ3v) is 4.34. The summed E-state index contributed by atoms with van der Waals surface area (Å²) in [6.07, 6.45) is 7.80. The fraction of sp³-hybridized carbons (Fsp3) is 0.938. The van der Waals surface area contributed by atoms with E-state index in [1.807, 2.05) is 0 Å². The number of nitrogens with one attached hydrogen (secondary N) is 1. The van der Waals surface area contributed by atoms with Gasteiger partial charge in [0.2, 0.25) is 5.91 Å². The minimum Gasteiger partial charge on any atom is -0.385 e. The number of hydrogen-bond acceptors (Lipinski definition) is 3. The van der Waals surface area contributed by atoms with E-state index in [2.05, 4.69) is 19.2 Å². The second kappa shape index (κ2) is 8.63. The van der Waals surface area contributed by atoms with Crippen molar-refractivity contribution in [2.75, 3.05) is 20.3 Å². The highest BCUT2D eigenvalue weighted by molar-refractivity contribution is 5.81. The molecule has 4 heteroatoms. The Morgan fingerprint density at radius 2 is 2.00 bits per heavy atom. The third kappa shape index (κ3) is 5.80. The Labute approximate surface area is 123 Å². The van der Waals surface area contributed by atoms with Crippen LogP contribution in [0.15, 0.2) is 0 Å². The van der Waals surface area contributed by atoms with E-state index in [1.54, 1.807) is 7.11 Å². The number of rotatable bonds is 9. The molecule has 1 unspecified atom stereocenters. The van der Waals surface area contributed by atoms with Crippen LogP contribution in [-0.2, 0) is 9.53 Å². The van der Waals surface area contributed by atoms with Gasteiger partial charge in [0.25, 0.3) is 0 Å². The van der Waals surface area contributed by atoms with Crippen molar-refractivity contribution < 1.29 is 9.53 Å². The van der Waals surface area contributed by atoms with Crippen LogP contribution in [0.1, 0.15) is 58.8 Å². The highest BCUT2D eigenvalue weighted by Crippen LogP contribution is 2.42. The van der Waals surface area contributed by atoms with E-state index in [0.717, 1.165) is 13.0 Å². The van der Waals surface area contributed by atoms with Crippen molar-refractivity contribution >= 4 is 5.91 Å². The number of carbonyl (C=O) groups is 1. The Kier molecular flexibility index (Phi) is 7.52. The summed E-state index contributed by atoms with van der Waals surface area (Å²) in [5.41, 5.74) is 6.24. The maximum absolute atomic E-state index is 12.0. The summed E-state index contributed by atoms with van der Waals surface area (Å²) < 4.78 is 4.99. The largest absolute Gasteiger partial charge is 0.385 e. The summed E-state index contributed by atoms with van der Waals surface area (Å²) in [6.45, 7) is 5.98. The molecule has 0 radical (unpaired) electrons. The molecule has 1 saturated carbocycles. The predicted octanol–water partition coefficient (Wildman–Crippen LogP) is 2.46. The van der Waals surface area contributed by atoms with E-state index in [-0.39, 0.29) is 5.91 Å². The molecular weight excluding hydrogens is 252 g/mol. The Balaban J connectivity index is 2.37. The molecule has 1 rings (SSSR count). The smallest absolute Gasteiger partial charge is 0.236 e. The first-order valence-corrected chi connectivity index (χ1v) is 8.01. The van der Waals surface area contributed by atoms with Crippen LogP contribution in [0, 0.1) is 11.3 Å². The highest BCUT2D eigenvalue weighted by atomic mass is 16.5. The molecule has 1 amide bonds. The number of nitrogens with two attached hydrogens (primary N) is 1. The zero-order valence-corrected chi connectivity index (χ0v) is 13.4. The molecule has 118 valence electrons. The molecule has 0 aromatic heterocycles. The van der Waals surface area contributed by atoms with Crippen molar-refractivity contribution in [3.8, 4) is 0 Å². The lowest BCUT2D eigenvalue weighted by Crippen LogP contribution is -2.45. The fourth-order valence-electron chi connectivity index (χ4n) is 3.43. The van der Waals surface area contributed by atoms with Crippen molar-refractivity contribution in [3.63, 3.8) is 0 Å². The van der Waals surface area contributed by atoms with Gasteiger partial charge in [-0.05, 0) is 43.4 Å². The molecule has 0 aliphatic heterocycles. The minimum absolute atomic E-state index is 0.00358. The van der Waals surface area contributed by atoms with Crippen molar-refractivity contribution in [1.29, 1.82) is 0 Å². The average Bonchev–Trinajstić information content (AvgIpc) is 2.84. The van der Waals surface area contributed by atoms with Gasteiger partial charge in [0.05, 0.1) is 6.04 Å². The lowest BCUT2D eigenvalue weighted by atomic mass is 9.78. The van der Waals surface area contributed by atoms with Crippen LogP contribution >= 0.6 is 0 Å². The van der Waals surface area contributed by atoms with Gasteiger partial charge in [0.15, 0.2) is 0 Å². The van der Waals surface area contributed by atoms with E-state index in [9.17, 15) is 4.79 Å². The van der Waals surface area contributed by atoms with Crippen LogP contribution in [-0.4, -0.2) is 32.2 Å². The molecule has 0 aromatic rings. The van der Waals surface area contributed by atoms with E-state index in [4.69, 9.17) is 10.5 Å². The van der Waals surface area contributed by atoms with Gasteiger partial charge in [-0.1, -0.05) is 26.7 Å². The monoisotopic (exact) mass is 284 g/mol. The first-order chi connectivity index (χ1) is 9.49. The van der Waals surface area contributed by atoms with Gasteiger partial charge in [0.1, 0.15) is 0 Å². The zero-order chi connectivity index (χ0) is 15.0. The first-order valence-electron chi connectivity index (χ1n) is 8.01. The normalized spacial score (nSPS) is 19.2. The molecule has 4 nitrogen and oxygen atoms in total. The van der Waals surface area contributed by atoms with E-state index < -0.39 is 6.04 Å². The maximum atomic E-state index is 12.0. The zero-order valence-electron chi connectivity index (χ0n) is 13.4. The van der Waals surface area contributed by atoms with Gasteiger partial charge in [-0.15, -0.1) is 0 Å². The number of hydrogen-bond donors (Lipinski definition) is 2. The molecule has 20 heavy (non-hydrogen) atoms. The van der Waals surface area contributed by atoms with Gasteiger partial charge >= 0.3 is 0 Å². The van der Waals surface area contributed by atoms with E-state index in [0.29, 0.717) is 24.4 Å². The predicted molar refractivity (Wildman–Crippen MR) is 82.5 cm³/mol. The Morgan fingerprint density at radius 1 is 1.35 bits per heavy atom. The summed E-state index contributed by atoms with van der Waals surface area (Å²) >= 11 is 0. The molecule has 1 fully saturated rings. The SMILES string of the molecule is COCCCC(N)C(=O)NCC1(CC(C)C)CCCC1. The molecular formula is C16H32N2O2. The second-order valence-corrected chi connectivity index (χ2v) is 6.76. The average molecular weight is 284 g/mol. The molecule has 0 spiro atoms. The Bertz CT molecular complexity index is 286. The molecule has 0 bridgehead atoms. The second-order valence-electron chi connectivity index (χ2n) is 6.76. The van der Waals surface area contributed by atoms with Crippen molar-refractivity contribution in [1.82, 2.24) is 5.32 Å². The standard InChI is InChI=1S/C16H32N2O2/c1-13(2)11-16(8-4-5-9-16)12-18-15(19)14(17)7-6-10-20-3/h13-14H,4-12,17H2,1-3H3,(H,18,19). The van der Waals surface area contributed by atoms with Crippen LogP contribution in [0.2, 0.25) is 0 Å². The lowest BCUT2D eigenvalue weighted by molar-refractivity contribution is -0.123. The van der Waals surface area contributed by atoms with Gasteiger partial charge in [-0.3, -0.25) is 4.79 Å². The van der Waals surface area contributed by atoms with Gasteiger partial charge in [-0.25, -0.2) is 0 Å². The summed E-state index contributed by atoms with van der Waals surface area (Å²) in [7, 11) is 1.67. The van der Waals surface area contributed by atoms with Crippen LogP contribution < -0.4 is 11.1 Å². The van der Waals surface area contributed by atoms with Crippen LogP contribution in [0.25, 0.3) is 0 Å². The fourth-order valence-corrected chi connectivity index (χ4v) is 3.43. The van der Waals surface area contributed by atoms with Crippen LogP contribution in [0.3, 0.4) is 0 Å². The molecule has 0 aromatic carbocycles. The summed E-state index contributed by atoms with van der Waals surface area (Å²) in [4.78, 5) is 12.0. The Hall–Kier alpha value is -0.610. The van der Waals surface area contributed by atoms with Gasteiger partial charge < -0.3 is 15.8 Å². The molecule has 1 aliphatic rings. The maximum Gasteiger partial charge on any atom is 0.236 e. The molecule has 1 atom stereocenters. The number of amides is 1. The first kappa shape index (κ1) is 17.4. The van der Waals surface area contributed by atoms with E-state index in [1.165, 1.54) is 32.1 Å². The summed E-state index contributed by atoms with van der Waals surface area (Å²) in [5.74, 6) is 0.677. The highest BCUT2D eigenvalue weighted by Gasteiger charge is 2.34. The van der Waals surface area contributed by atoms with E-state index >= 15 is 0 Å². The number of carbonyl (C=O) groups excluding carboxylic acids is 1. The topological polar surface area (TPSA) is 64.3 Å². The third-order valence-electron chi connectivity index (χ3n) is 4.34. The van der Waals surface area contributed by atoms with Gasteiger partial charge in [0, 0.05) is 20.3 Å². The van der Waals surface area contributed by atoms with Gasteiger partial charge in [-0.2, -0.15) is 0 Å². The minimum atomic E-state index is -0.400. The Morgan fingerprint density at radius 3 is 2.55 bits per heavy atom. The summed E-state index contributed by atoms with van der Waals surface area (Å²) in [6, 6.07) is -0.400. The molecule has 1 aliphatic carbocycles. The van der Waals surface area contributed by atoms with Crippen molar-refractivity contribution in [3.05, 3.63) is 0 Å². The number of ether oxygens (including phenoxy) is 1. The van der Waals surface area contributed by atoms with Crippen LogP contribution in [0.5, 0.6) is 0 Å². The summed E-state index contributed by atoms with van der Waals surface area (Å²) in [5, 5.41) is 3.09. The lowest BCUT2D eigenvalue weighted by Gasteiger charge is -2.31. The quantitative estimate of drug-likeness (QED) is 0.639.